The molecule has 0 aliphatic carbocycles. The van der Waals surface area contributed by atoms with E-state index in [-0.39, 0.29) is 10.8 Å². The average molecular weight is 433 g/mol. The van der Waals surface area contributed by atoms with Gasteiger partial charge in [-0.1, -0.05) is 120 Å². The molecule has 0 saturated carbocycles. The summed E-state index contributed by atoms with van der Waals surface area (Å²) in [6.45, 7) is 16.0. The van der Waals surface area contributed by atoms with Crippen molar-refractivity contribution in [2.45, 2.75) is 59.3 Å². The molecule has 4 aromatic carbocycles. The largest absolute Gasteiger partial charge is 0.0619 e. The summed E-state index contributed by atoms with van der Waals surface area (Å²) in [5.74, 6) is 0. The molecule has 0 bridgehead atoms. The molecule has 33 heavy (non-hydrogen) atoms. The molecule has 0 saturated heterocycles. The molecular formula is C33H36. The minimum atomic E-state index is 0.0689. The first kappa shape index (κ1) is 23.1. The highest BCUT2D eigenvalue weighted by atomic mass is 14.3. The van der Waals surface area contributed by atoms with E-state index in [1.165, 1.54) is 50.1 Å². The fraction of sp³-hybridized carbons (Fsp3) is 0.273. The first-order chi connectivity index (χ1) is 15.5. The van der Waals surface area contributed by atoms with E-state index in [0.29, 0.717) is 0 Å². The van der Waals surface area contributed by atoms with Crippen molar-refractivity contribution in [3.63, 3.8) is 0 Å². The molecule has 0 aliphatic rings. The highest BCUT2D eigenvalue weighted by Gasteiger charge is 2.21. The Morgan fingerprint density at radius 3 is 1.33 bits per heavy atom. The van der Waals surface area contributed by atoms with Crippen LogP contribution in [0.3, 0.4) is 0 Å². The van der Waals surface area contributed by atoms with Crippen molar-refractivity contribution >= 4 is 0 Å². The molecular weight excluding hydrogens is 396 g/mol. The van der Waals surface area contributed by atoms with Gasteiger partial charge in [0.15, 0.2) is 0 Å². The monoisotopic (exact) mass is 432 g/mol. The zero-order valence-electron chi connectivity index (χ0n) is 21.2. The SMILES string of the molecule is Cc1cccc(-c2cc(-c3ccccc3C(C)(C)C)cc(-c3ccccc3C(C)(C)C)c2)c1. The van der Waals surface area contributed by atoms with Gasteiger partial charge in [0.25, 0.3) is 0 Å². The van der Waals surface area contributed by atoms with E-state index in [0.717, 1.165) is 0 Å². The van der Waals surface area contributed by atoms with E-state index in [1.807, 2.05) is 0 Å². The third kappa shape index (κ3) is 4.96. The van der Waals surface area contributed by atoms with Crippen molar-refractivity contribution in [3.8, 4) is 33.4 Å². The zero-order chi connectivity index (χ0) is 23.8. The zero-order valence-corrected chi connectivity index (χ0v) is 21.2. The van der Waals surface area contributed by atoms with Crippen LogP contribution in [0.5, 0.6) is 0 Å². The molecule has 0 N–H and O–H groups in total. The van der Waals surface area contributed by atoms with Gasteiger partial charge in [0.1, 0.15) is 0 Å². The van der Waals surface area contributed by atoms with Crippen LogP contribution in [0, 0.1) is 6.92 Å². The lowest BCUT2D eigenvalue weighted by Crippen LogP contribution is -2.13. The standard InChI is InChI=1S/C33H36/c1-23-13-12-14-24(19-23)25-20-26(28-15-8-10-17-30(28)32(2,3)4)22-27(21-25)29-16-9-11-18-31(29)33(5,6)7/h8-22H,1-7H3. The predicted octanol–water partition coefficient (Wildman–Crippen LogP) is 9.59. The van der Waals surface area contributed by atoms with Gasteiger partial charge < -0.3 is 0 Å². The number of benzene rings is 4. The highest BCUT2D eigenvalue weighted by Crippen LogP contribution is 2.40. The quantitative estimate of drug-likeness (QED) is 0.302. The Hall–Kier alpha value is -3.12. The second-order valence-corrected chi connectivity index (χ2v) is 11.3. The first-order valence-electron chi connectivity index (χ1n) is 12.0. The molecule has 0 heterocycles. The first-order valence-corrected chi connectivity index (χ1v) is 12.0. The molecule has 0 amide bonds. The van der Waals surface area contributed by atoms with Crippen LogP contribution < -0.4 is 0 Å². The predicted molar refractivity (Wildman–Crippen MR) is 145 cm³/mol. The summed E-state index contributed by atoms with van der Waals surface area (Å²) >= 11 is 0. The number of hydrogen-bond donors (Lipinski definition) is 0. The van der Waals surface area contributed by atoms with E-state index in [4.69, 9.17) is 0 Å². The van der Waals surface area contributed by atoms with Gasteiger partial charge in [-0.2, -0.15) is 0 Å². The molecule has 0 nitrogen and oxygen atoms in total. The molecule has 0 unspecified atom stereocenters. The molecule has 168 valence electrons. The fourth-order valence-corrected chi connectivity index (χ4v) is 4.71. The molecule has 0 spiro atoms. The van der Waals surface area contributed by atoms with Crippen LogP contribution >= 0.6 is 0 Å². The Morgan fingerprint density at radius 2 is 0.879 bits per heavy atom. The van der Waals surface area contributed by atoms with Gasteiger partial charge in [0, 0.05) is 0 Å². The van der Waals surface area contributed by atoms with Crippen LogP contribution in [-0.4, -0.2) is 0 Å². The Balaban J connectivity index is 2.03. The van der Waals surface area contributed by atoms with Crippen molar-refractivity contribution in [1.29, 1.82) is 0 Å². The summed E-state index contributed by atoms with van der Waals surface area (Å²) < 4.78 is 0. The second kappa shape index (κ2) is 8.67. The molecule has 0 radical (unpaired) electrons. The van der Waals surface area contributed by atoms with Crippen LogP contribution in [0.4, 0.5) is 0 Å². The molecule has 0 heteroatoms. The Labute approximate surface area is 200 Å². The lowest BCUT2D eigenvalue weighted by molar-refractivity contribution is 0.592. The Bertz CT molecular complexity index is 1200. The third-order valence-electron chi connectivity index (χ3n) is 6.38. The number of aryl methyl sites for hydroxylation is 1. The lowest BCUT2D eigenvalue weighted by atomic mass is 9.79. The van der Waals surface area contributed by atoms with E-state index in [1.54, 1.807) is 0 Å². The molecule has 0 fully saturated rings. The van der Waals surface area contributed by atoms with Crippen LogP contribution in [0.2, 0.25) is 0 Å². The van der Waals surface area contributed by atoms with E-state index < -0.39 is 0 Å². The average Bonchev–Trinajstić information content (AvgIpc) is 2.78. The summed E-state index contributed by atoms with van der Waals surface area (Å²) in [5.41, 5.74) is 11.9. The normalized spacial score (nSPS) is 12.1. The van der Waals surface area contributed by atoms with Crippen molar-refractivity contribution < 1.29 is 0 Å². The Kier molecular flexibility index (Phi) is 6.06. The van der Waals surface area contributed by atoms with Gasteiger partial charge >= 0.3 is 0 Å². The minimum Gasteiger partial charge on any atom is -0.0619 e. The fourth-order valence-electron chi connectivity index (χ4n) is 4.71. The van der Waals surface area contributed by atoms with Gasteiger partial charge in [-0.05, 0) is 80.5 Å². The van der Waals surface area contributed by atoms with Gasteiger partial charge in [-0.25, -0.2) is 0 Å². The molecule has 4 rings (SSSR count). The van der Waals surface area contributed by atoms with Gasteiger partial charge in [0.05, 0.1) is 0 Å². The molecule has 0 aromatic heterocycles. The van der Waals surface area contributed by atoms with Crippen LogP contribution in [0.1, 0.15) is 58.2 Å². The van der Waals surface area contributed by atoms with Crippen LogP contribution in [0.25, 0.3) is 33.4 Å². The van der Waals surface area contributed by atoms with E-state index in [9.17, 15) is 0 Å². The summed E-state index contributed by atoms with van der Waals surface area (Å²) in [6.07, 6.45) is 0. The van der Waals surface area contributed by atoms with E-state index >= 15 is 0 Å². The molecule has 0 aliphatic heterocycles. The molecule has 4 aromatic rings. The van der Waals surface area contributed by atoms with Crippen molar-refractivity contribution in [1.82, 2.24) is 0 Å². The molecule has 0 atom stereocenters. The lowest BCUT2D eigenvalue weighted by Gasteiger charge is -2.25. The van der Waals surface area contributed by atoms with Crippen LogP contribution in [0.15, 0.2) is 91.0 Å². The van der Waals surface area contributed by atoms with Crippen molar-refractivity contribution in [3.05, 3.63) is 108 Å². The maximum Gasteiger partial charge on any atom is -0.0126 e. The van der Waals surface area contributed by atoms with Gasteiger partial charge in [-0.15, -0.1) is 0 Å². The number of hydrogen-bond acceptors (Lipinski definition) is 0. The number of rotatable bonds is 3. The van der Waals surface area contributed by atoms with Gasteiger partial charge in [-0.3, -0.25) is 0 Å². The summed E-state index contributed by atoms with van der Waals surface area (Å²) in [7, 11) is 0. The van der Waals surface area contributed by atoms with Gasteiger partial charge in [0.2, 0.25) is 0 Å². The van der Waals surface area contributed by atoms with Crippen LogP contribution in [-0.2, 0) is 10.8 Å². The highest BCUT2D eigenvalue weighted by molar-refractivity contribution is 5.83. The minimum absolute atomic E-state index is 0.0689. The smallest absolute Gasteiger partial charge is 0.0126 e. The maximum absolute atomic E-state index is 2.38. The summed E-state index contributed by atoms with van der Waals surface area (Å²) in [6, 6.07) is 33.7. The summed E-state index contributed by atoms with van der Waals surface area (Å²) in [5, 5.41) is 0. The summed E-state index contributed by atoms with van der Waals surface area (Å²) in [4.78, 5) is 0. The maximum atomic E-state index is 2.38. The van der Waals surface area contributed by atoms with Crippen molar-refractivity contribution in [2.24, 2.45) is 0 Å². The van der Waals surface area contributed by atoms with E-state index in [2.05, 4.69) is 139 Å². The topological polar surface area (TPSA) is 0 Å². The second-order valence-electron chi connectivity index (χ2n) is 11.3. The Morgan fingerprint density at radius 1 is 0.424 bits per heavy atom. The van der Waals surface area contributed by atoms with Crippen molar-refractivity contribution in [2.75, 3.05) is 0 Å². The third-order valence-corrected chi connectivity index (χ3v) is 6.38.